The molecule has 1 amide bonds. The number of thiophene rings is 1. The van der Waals surface area contributed by atoms with Gasteiger partial charge in [0.25, 0.3) is 5.91 Å². The minimum atomic E-state index is 0.0755. The quantitative estimate of drug-likeness (QED) is 0.916. The predicted octanol–water partition coefficient (Wildman–Crippen LogP) is 3.80. The summed E-state index contributed by atoms with van der Waals surface area (Å²) < 4.78 is 5.56. The van der Waals surface area contributed by atoms with Crippen molar-refractivity contribution in [3.8, 4) is 5.75 Å². The van der Waals surface area contributed by atoms with E-state index < -0.39 is 0 Å². The molecule has 1 aromatic heterocycles. The fourth-order valence-electron chi connectivity index (χ4n) is 5.03. The summed E-state index contributed by atoms with van der Waals surface area (Å²) in [6.07, 6.45) is 8.84. The highest BCUT2D eigenvalue weighted by Crippen LogP contribution is 2.49. The van der Waals surface area contributed by atoms with Crippen LogP contribution in [0.4, 0.5) is 0 Å². The average molecular weight is 319 g/mol. The first kappa shape index (κ1) is 14.6. The van der Waals surface area contributed by atoms with E-state index in [1.807, 2.05) is 0 Å². The third kappa shape index (κ3) is 2.27. The molecule has 0 aromatic carbocycles. The lowest BCUT2D eigenvalue weighted by Gasteiger charge is -2.28. The summed E-state index contributed by atoms with van der Waals surface area (Å²) in [5.74, 6) is 3.37. The number of fused-ring (bicyclic) bond motifs is 3. The second kappa shape index (κ2) is 5.55. The molecule has 1 heterocycles. The molecule has 4 rings (SSSR count). The van der Waals surface area contributed by atoms with Crippen LogP contribution in [0.5, 0.6) is 5.75 Å². The van der Waals surface area contributed by atoms with Crippen LogP contribution in [0.2, 0.25) is 0 Å². The standard InChI is InChI=1S/C18H25NO2S/c1-10(14-9-11-6-7-12(14)8-11)19-18(20)17-16(21-2)13-4-3-5-15(13)22-17/h10-12,14H,3-9H2,1-2H3,(H,19,20). The molecule has 0 spiro atoms. The Bertz CT molecular complexity index is 594. The highest BCUT2D eigenvalue weighted by atomic mass is 32.1. The number of nitrogens with one attached hydrogen (secondary N) is 1. The largest absolute Gasteiger partial charge is 0.495 e. The van der Waals surface area contributed by atoms with Gasteiger partial charge in [0.15, 0.2) is 0 Å². The molecule has 0 aliphatic heterocycles. The molecule has 0 radical (unpaired) electrons. The Balaban J connectivity index is 1.48. The number of hydrogen-bond donors (Lipinski definition) is 1. The van der Waals surface area contributed by atoms with E-state index in [9.17, 15) is 4.79 Å². The van der Waals surface area contributed by atoms with Crippen LogP contribution in [-0.2, 0) is 12.8 Å². The first-order valence-corrected chi connectivity index (χ1v) is 9.48. The van der Waals surface area contributed by atoms with Gasteiger partial charge in [0.05, 0.1) is 7.11 Å². The zero-order valence-corrected chi connectivity index (χ0v) is 14.3. The van der Waals surface area contributed by atoms with Crippen molar-refractivity contribution in [1.82, 2.24) is 5.32 Å². The fraction of sp³-hybridized carbons (Fsp3) is 0.722. The molecule has 1 N–H and O–H groups in total. The maximum atomic E-state index is 12.7. The van der Waals surface area contributed by atoms with Crippen LogP contribution < -0.4 is 10.1 Å². The molecule has 1 aromatic rings. The monoisotopic (exact) mass is 319 g/mol. The zero-order valence-electron chi connectivity index (χ0n) is 13.5. The number of carbonyl (C=O) groups excluding carboxylic acids is 1. The summed E-state index contributed by atoms with van der Waals surface area (Å²) in [4.78, 5) is 14.9. The van der Waals surface area contributed by atoms with Gasteiger partial charge in [-0.3, -0.25) is 4.79 Å². The van der Waals surface area contributed by atoms with Gasteiger partial charge in [-0.05, 0) is 63.2 Å². The van der Waals surface area contributed by atoms with Crippen LogP contribution >= 0.6 is 11.3 Å². The van der Waals surface area contributed by atoms with Gasteiger partial charge in [-0.25, -0.2) is 0 Å². The van der Waals surface area contributed by atoms with Gasteiger partial charge in [-0.15, -0.1) is 11.3 Å². The summed E-state index contributed by atoms with van der Waals surface area (Å²) in [6.45, 7) is 2.19. The van der Waals surface area contributed by atoms with E-state index in [-0.39, 0.29) is 11.9 Å². The molecule has 3 nitrogen and oxygen atoms in total. The lowest BCUT2D eigenvalue weighted by molar-refractivity contribution is 0.0916. The molecule has 4 unspecified atom stereocenters. The Morgan fingerprint density at radius 3 is 2.86 bits per heavy atom. The molecule has 2 fully saturated rings. The molecule has 4 atom stereocenters. The van der Waals surface area contributed by atoms with Crippen LogP contribution in [0.3, 0.4) is 0 Å². The molecule has 120 valence electrons. The average Bonchev–Trinajstić information content (AvgIpc) is 3.25. The molecular formula is C18H25NO2S. The van der Waals surface area contributed by atoms with E-state index in [2.05, 4.69) is 12.2 Å². The Labute approximate surface area is 136 Å². The van der Waals surface area contributed by atoms with Crippen LogP contribution in [-0.4, -0.2) is 19.1 Å². The van der Waals surface area contributed by atoms with E-state index in [1.165, 1.54) is 42.5 Å². The van der Waals surface area contributed by atoms with Gasteiger partial charge < -0.3 is 10.1 Å². The lowest BCUT2D eigenvalue weighted by Crippen LogP contribution is -2.39. The summed E-state index contributed by atoms with van der Waals surface area (Å²) in [7, 11) is 1.69. The lowest BCUT2D eigenvalue weighted by atomic mass is 9.84. The maximum Gasteiger partial charge on any atom is 0.265 e. The van der Waals surface area contributed by atoms with E-state index in [0.29, 0.717) is 5.92 Å². The van der Waals surface area contributed by atoms with Crippen molar-refractivity contribution in [1.29, 1.82) is 0 Å². The Morgan fingerprint density at radius 2 is 2.18 bits per heavy atom. The second-order valence-corrected chi connectivity index (χ2v) is 8.43. The van der Waals surface area contributed by atoms with Gasteiger partial charge >= 0.3 is 0 Å². The number of hydrogen-bond acceptors (Lipinski definition) is 3. The van der Waals surface area contributed by atoms with Gasteiger partial charge in [0, 0.05) is 16.5 Å². The van der Waals surface area contributed by atoms with Crippen LogP contribution in [0, 0.1) is 17.8 Å². The first-order chi connectivity index (χ1) is 10.7. The predicted molar refractivity (Wildman–Crippen MR) is 88.8 cm³/mol. The maximum absolute atomic E-state index is 12.7. The first-order valence-electron chi connectivity index (χ1n) is 8.66. The molecule has 2 bridgehead atoms. The molecule has 3 aliphatic rings. The van der Waals surface area contributed by atoms with Crippen molar-refractivity contribution in [2.75, 3.05) is 7.11 Å². The van der Waals surface area contributed by atoms with Gasteiger partial charge in [0.2, 0.25) is 0 Å². The molecular weight excluding hydrogens is 294 g/mol. The van der Waals surface area contributed by atoms with Crippen molar-refractivity contribution < 1.29 is 9.53 Å². The molecule has 4 heteroatoms. The summed E-state index contributed by atoms with van der Waals surface area (Å²) in [5, 5.41) is 3.28. The third-order valence-electron chi connectivity index (χ3n) is 6.08. The molecule has 0 saturated heterocycles. The van der Waals surface area contributed by atoms with E-state index >= 15 is 0 Å². The van der Waals surface area contributed by atoms with Crippen LogP contribution in [0.25, 0.3) is 0 Å². The smallest absolute Gasteiger partial charge is 0.265 e. The topological polar surface area (TPSA) is 38.3 Å². The van der Waals surface area contributed by atoms with Crippen molar-refractivity contribution in [2.24, 2.45) is 17.8 Å². The minimum Gasteiger partial charge on any atom is -0.495 e. The number of ether oxygens (including phenoxy) is 1. The highest BCUT2D eigenvalue weighted by molar-refractivity contribution is 7.14. The van der Waals surface area contributed by atoms with Crippen molar-refractivity contribution in [3.05, 3.63) is 15.3 Å². The Hall–Kier alpha value is -1.03. The zero-order chi connectivity index (χ0) is 15.3. The number of aryl methyl sites for hydroxylation is 1. The van der Waals surface area contributed by atoms with Gasteiger partial charge in [0.1, 0.15) is 10.6 Å². The fourth-order valence-corrected chi connectivity index (χ4v) is 6.29. The SMILES string of the molecule is COc1c(C(=O)NC(C)C2CC3CCC2C3)sc2c1CCC2. The normalized spacial score (nSPS) is 30.4. The highest BCUT2D eigenvalue weighted by Gasteiger charge is 2.42. The van der Waals surface area contributed by atoms with Gasteiger partial charge in [-0.1, -0.05) is 6.42 Å². The van der Waals surface area contributed by atoms with Crippen molar-refractivity contribution in [2.45, 2.75) is 57.9 Å². The summed E-state index contributed by atoms with van der Waals surface area (Å²) >= 11 is 1.64. The number of carbonyl (C=O) groups is 1. The Morgan fingerprint density at radius 1 is 1.32 bits per heavy atom. The van der Waals surface area contributed by atoms with E-state index in [4.69, 9.17) is 4.74 Å². The van der Waals surface area contributed by atoms with Gasteiger partial charge in [-0.2, -0.15) is 0 Å². The summed E-state index contributed by atoms with van der Waals surface area (Å²) in [5.41, 5.74) is 1.28. The summed E-state index contributed by atoms with van der Waals surface area (Å²) in [6, 6.07) is 0.282. The van der Waals surface area contributed by atoms with Crippen molar-refractivity contribution in [3.63, 3.8) is 0 Å². The van der Waals surface area contributed by atoms with E-state index in [0.717, 1.165) is 35.3 Å². The number of amides is 1. The molecule has 3 aliphatic carbocycles. The molecule has 22 heavy (non-hydrogen) atoms. The number of rotatable bonds is 4. The van der Waals surface area contributed by atoms with Crippen molar-refractivity contribution >= 4 is 17.2 Å². The Kier molecular flexibility index (Phi) is 3.67. The molecule has 2 saturated carbocycles. The second-order valence-electron chi connectivity index (χ2n) is 7.32. The number of methoxy groups -OCH3 is 1. The minimum absolute atomic E-state index is 0.0755. The third-order valence-corrected chi connectivity index (χ3v) is 7.35. The van der Waals surface area contributed by atoms with E-state index in [1.54, 1.807) is 18.4 Å². The van der Waals surface area contributed by atoms with Crippen LogP contribution in [0.1, 0.15) is 59.1 Å². The van der Waals surface area contributed by atoms with Crippen LogP contribution in [0.15, 0.2) is 0 Å².